The number of nitrogens with one attached hydrogen (secondary N) is 2. The van der Waals surface area contributed by atoms with Gasteiger partial charge in [-0.1, -0.05) is 19.3 Å². The second kappa shape index (κ2) is 8.29. The number of anilines is 3. The van der Waals surface area contributed by atoms with Gasteiger partial charge in [-0.3, -0.25) is 4.98 Å². The molecule has 0 amide bonds. The number of aromatic nitrogens is 3. The normalized spacial score (nSPS) is 14.6. The van der Waals surface area contributed by atoms with Crippen LogP contribution in [-0.2, 0) is 0 Å². The Hall–Kier alpha value is -3.09. The van der Waals surface area contributed by atoms with Crippen molar-refractivity contribution in [3.63, 3.8) is 0 Å². The molecule has 1 aliphatic rings. The first kappa shape index (κ1) is 18.3. The fourth-order valence-corrected chi connectivity index (χ4v) is 3.40. The van der Waals surface area contributed by atoms with Crippen LogP contribution in [0.15, 0.2) is 48.8 Å². The molecule has 3 aromatic rings. The van der Waals surface area contributed by atoms with Crippen LogP contribution in [0.25, 0.3) is 11.3 Å². The lowest BCUT2D eigenvalue weighted by atomic mass is 9.96. The summed E-state index contributed by atoms with van der Waals surface area (Å²) in [6.07, 6.45) is 9.20. The minimum atomic E-state index is -0.677. The predicted molar refractivity (Wildman–Crippen MR) is 105 cm³/mol. The van der Waals surface area contributed by atoms with Crippen molar-refractivity contribution < 1.29 is 8.78 Å². The summed E-state index contributed by atoms with van der Waals surface area (Å²) in [7, 11) is 0. The number of benzene rings is 1. The van der Waals surface area contributed by atoms with E-state index in [2.05, 4.69) is 25.6 Å². The topological polar surface area (TPSA) is 62.7 Å². The zero-order valence-corrected chi connectivity index (χ0v) is 15.3. The van der Waals surface area contributed by atoms with Gasteiger partial charge in [-0.15, -0.1) is 0 Å². The molecule has 1 aliphatic carbocycles. The van der Waals surface area contributed by atoms with Crippen molar-refractivity contribution in [2.24, 2.45) is 0 Å². The summed E-state index contributed by atoms with van der Waals surface area (Å²) in [6, 6.07) is 9.19. The minimum absolute atomic E-state index is 0.154. The van der Waals surface area contributed by atoms with Crippen molar-refractivity contribution in [2.45, 2.75) is 38.1 Å². The van der Waals surface area contributed by atoms with E-state index < -0.39 is 11.6 Å². The zero-order valence-electron chi connectivity index (χ0n) is 15.3. The Balaban J connectivity index is 1.66. The lowest BCUT2D eigenvalue weighted by Gasteiger charge is -2.23. The first-order valence-electron chi connectivity index (χ1n) is 9.45. The second-order valence-corrected chi connectivity index (χ2v) is 6.93. The lowest BCUT2D eigenvalue weighted by Crippen LogP contribution is -2.23. The molecule has 0 spiro atoms. The van der Waals surface area contributed by atoms with Crippen LogP contribution in [0.3, 0.4) is 0 Å². The van der Waals surface area contributed by atoms with Gasteiger partial charge in [0, 0.05) is 36.1 Å². The van der Waals surface area contributed by atoms with Crippen molar-refractivity contribution >= 4 is 17.5 Å². The molecule has 7 heteroatoms. The van der Waals surface area contributed by atoms with Crippen molar-refractivity contribution in [2.75, 3.05) is 10.6 Å². The molecule has 0 saturated heterocycles. The minimum Gasteiger partial charge on any atom is -0.351 e. The van der Waals surface area contributed by atoms with Crippen LogP contribution in [-0.4, -0.2) is 21.0 Å². The van der Waals surface area contributed by atoms with Crippen LogP contribution in [0.5, 0.6) is 0 Å². The second-order valence-electron chi connectivity index (χ2n) is 6.93. The van der Waals surface area contributed by atoms with Gasteiger partial charge in [-0.2, -0.15) is 4.98 Å². The number of halogens is 2. The van der Waals surface area contributed by atoms with Crippen LogP contribution < -0.4 is 10.6 Å². The highest BCUT2D eigenvalue weighted by molar-refractivity contribution is 5.67. The third kappa shape index (κ3) is 4.42. The van der Waals surface area contributed by atoms with Gasteiger partial charge in [-0.25, -0.2) is 13.8 Å². The van der Waals surface area contributed by atoms with E-state index in [-0.39, 0.29) is 5.69 Å². The van der Waals surface area contributed by atoms with Gasteiger partial charge >= 0.3 is 0 Å². The Morgan fingerprint density at radius 1 is 0.964 bits per heavy atom. The molecule has 4 rings (SSSR count). The molecule has 2 heterocycles. The number of hydrogen-bond acceptors (Lipinski definition) is 5. The van der Waals surface area contributed by atoms with E-state index in [4.69, 9.17) is 0 Å². The first-order chi connectivity index (χ1) is 13.7. The molecular formula is C21H21F2N5. The van der Waals surface area contributed by atoms with Gasteiger partial charge in [0.05, 0.1) is 11.4 Å². The monoisotopic (exact) mass is 381 g/mol. The maximum atomic E-state index is 14.1. The van der Waals surface area contributed by atoms with Crippen LogP contribution in [0.2, 0.25) is 0 Å². The lowest BCUT2D eigenvalue weighted by molar-refractivity contribution is 0.461. The van der Waals surface area contributed by atoms with Crippen molar-refractivity contribution in [3.05, 3.63) is 60.4 Å². The van der Waals surface area contributed by atoms with E-state index in [0.717, 1.165) is 24.5 Å². The van der Waals surface area contributed by atoms with E-state index in [0.29, 0.717) is 23.5 Å². The molecule has 1 aromatic carbocycles. The third-order valence-corrected chi connectivity index (χ3v) is 4.82. The van der Waals surface area contributed by atoms with Crippen LogP contribution in [0, 0.1) is 11.6 Å². The van der Waals surface area contributed by atoms with Crippen LogP contribution >= 0.6 is 0 Å². The van der Waals surface area contributed by atoms with Crippen molar-refractivity contribution in [1.82, 2.24) is 15.0 Å². The fourth-order valence-electron chi connectivity index (χ4n) is 3.40. The number of rotatable bonds is 5. The molecule has 1 fully saturated rings. The van der Waals surface area contributed by atoms with Gasteiger partial charge in [0.1, 0.15) is 17.5 Å². The molecule has 0 radical (unpaired) electrons. The van der Waals surface area contributed by atoms with Gasteiger partial charge in [0.2, 0.25) is 5.95 Å². The summed E-state index contributed by atoms with van der Waals surface area (Å²) in [6.45, 7) is 0. The SMILES string of the molecule is Fc1ccc(Nc2cc(-c3cccnc3)nc(NC3CCCCC3)n2)c(F)c1. The summed E-state index contributed by atoms with van der Waals surface area (Å²) in [5.41, 5.74) is 1.66. The predicted octanol–water partition coefficient (Wildman–Crippen LogP) is 5.31. The fraction of sp³-hybridized carbons (Fsp3) is 0.286. The average Bonchev–Trinajstić information content (AvgIpc) is 2.71. The van der Waals surface area contributed by atoms with E-state index in [9.17, 15) is 8.78 Å². The molecular weight excluding hydrogens is 360 g/mol. The number of hydrogen-bond donors (Lipinski definition) is 2. The molecule has 2 aromatic heterocycles. The van der Waals surface area contributed by atoms with Gasteiger partial charge in [0.25, 0.3) is 0 Å². The Morgan fingerprint density at radius 2 is 1.82 bits per heavy atom. The van der Waals surface area contributed by atoms with Crippen LogP contribution in [0.1, 0.15) is 32.1 Å². The van der Waals surface area contributed by atoms with E-state index in [1.165, 1.54) is 31.4 Å². The standard InChI is InChI=1S/C21H21F2N5/c22-15-8-9-18(17(23)11-15)26-20-12-19(14-5-4-10-24-13-14)27-21(28-20)25-16-6-2-1-3-7-16/h4-5,8-13,16H,1-3,6-7H2,(H2,25,26,27,28). The molecule has 0 bridgehead atoms. The van der Waals surface area contributed by atoms with Crippen molar-refractivity contribution in [3.8, 4) is 11.3 Å². The molecule has 2 N–H and O–H groups in total. The molecule has 28 heavy (non-hydrogen) atoms. The van der Waals surface area contributed by atoms with Gasteiger partial charge < -0.3 is 10.6 Å². The molecule has 0 atom stereocenters. The summed E-state index contributed by atoms with van der Waals surface area (Å²) < 4.78 is 27.2. The van der Waals surface area contributed by atoms with E-state index in [1.807, 2.05) is 12.1 Å². The van der Waals surface area contributed by atoms with Gasteiger partial charge in [0.15, 0.2) is 0 Å². The van der Waals surface area contributed by atoms with Crippen molar-refractivity contribution in [1.29, 1.82) is 0 Å². The highest BCUT2D eigenvalue weighted by Crippen LogP contribution is 2.26. The van der Waals surface area contributed by atoms with Gasteiger partial charge in [-0.05, 0) is 37.1 Å². The maximum Gasteiger partial charge on any atom is 0.225 e. The smallest absolute Gasteiger partial charge is 0.225 e. The summed E-state index contributed by atoms with van der Waals surface area (Å²) >= 11 is 0. The largest absolute Gasteiger partial charge is 0.351 e. The zero-order chi connectivity index (χ0) is 19.3. The maximum absolute atomic E-state index is 14.1. The number of pyridine rings is 1. The Kier molecular flexibility index (Phi) is 5.41. The highest BCUT2D eigenvalue weighted by atomic mass is 19.1. The number of nitrogens with zero attached hydrogens (tertiary/aromatic N) is 3. The average molecular weight is 381 g/mol. The Bertz CT molecular complexity index is 943. The molecule has 144 valence electrons. The Morgan fingerprint density at radius 3 is 2.57 bits per heavy atom. The first-order valence-corrected chi connectivity index (χ1v) is 9.45. The molecule has 0 aliphatic heterocycles. The van der Waals surface area contributed by atoms with Crippen LogP contribution in [0.4, 0.5) is 26.2 Å². The molecule has 0 unspecified atom stereocenters. The summed E-state index contributed by atoms with van der Waals surface area (Å²) in [5.74, 6) is -0.388. The summed E-state index contributed by atoms with van der Waals surface area (Å²) in [5, 5.41) is 6.34. The molecule has 5 nitrogen and oxygen atoms in total. The van der Waals surface area contributed by atoms with E-state index >= 15 is 0 Å². The summed E-state index contributed by atoms with van der Waals surface area (Å²) in [4.78, 5) is 13.3. The third-order valence-electron chi connectivity index (χ3n) is 4.82. The quantitative estimate of drug-likeness (QED) is 0.627. The van der Waals surface area contributed by atoms with E-state index in [1.54, 1.807) is 18.5 Å². The molecule has 1 saturated carbocycles. The Labute approximate surface area is 162 Å². The highest BCUT2D eigenvalue weighted by Gasteiger charge is 2.16.